The molecule has 0 radical (unpaired) electrons. The minimum atomic E-state index is -3.94. The van der Waals surface area contributed by atoms with Crippen LogP contribution in [0.25, 0.3) is 0 Å². The lowest BCUT2D eigenvalue weighted by Gasteiger charge is -2.37. The molecule has 0 spiro atoms. The summed E-state index contributed by atoms with van der Waals surface area (Å²) in [6.45, 7) is 3.64. The van der Waals surface area contributed by atoms with Crippen molar-refractivity contribution in [2.45, 2.75) is 63.2 Å². The Morgan fingerprint density at radius 2 is 2.00 bits per heavy atom. The molecule has 2 N–H and O–H groups in total. The van der Waals surface area contributed by atoms with Crippen LogP contribution < -0.4 is 4.72 Å². The van der Waals surface area contributed by atoms with Gasteiger partial charge < -0.3 is 5.11 Å². The molecule has 0 amide bonds. The molecule has 0 aromatic heterocycles. The molecule has 1 aliphatic rings. The summed E-state index contributed by atoms with van der Waals surface area (Å²) in [6.07, 6.45) is 3.05. The summed E-state index contributed by atoms with van der Waals surface area (Å²) < 4.78 is 26.6. The second-order valence-electron chi connectivity index (χ2n) is 5.41. The molecule has 7 heteroatoms. The average molecular weight is 302 g/mol. The molecule has 1 aliphatic carbocycles. The molecule has 6 nitrogen and oxygen atoms in total. The highest BCUT2D eigenvalue weighted by molar-refractivity contribution is 7.90. The van der Waals surface area contributed by atoms with Gasteiger partial charge in [0.1, 0.15) is 5.54 Å². The summed E-state index contributed by atoms with van der Waals surface area (Å²) in [5.41, 5.74) is -1.45. The highest BCUT2D eigenvalue weighted by atomic mass is 32.2. The zero-order valence-corrected chi connectivity index (χ0v) is 12.7. The van der Waals surface area contributed by atoms with E-state index in [1.54, 1.807) is 13.0 Å². The van der Waals surface area contributed by atoms with Crippen molar-refractivity contribution < 1.29 is 18.3 Å². The Morgan fingerprint density at radius 1 is 1.45 bits per heavy atom. The molecule has 0 saturated heterocycles. The van der Waals surface area contributed by atoms with E-state index in [1.165, 1.54) is 0 Å². The number of nitrogens with one attached hydrogen (secondary N) is 1. The fraction of sp³-hybridized carbons (Fsp3) is 0.846. The van der Waals surface area contributed by atoms with E-state index in [0.717, 1.165) is 6.42 Å². The van der Waals surface area contributed by atoms with Gasteiger partial charge in [-0.05, 0) is 38.0 Å². The van der Waals surface area contributed by atoms with Gasteiger partial charge in [0.05, 0.1) is 6.07 Å². The highest BCUT2D eigenvalue weighted by Gasteiger charge is 2.45. The first-order valence-electron chi connectivity index (χ1n) is 6.97. The van der Waals surface area contributed by atoms with Crippen molar-refractivity contribution >= 4 is 16.0 Å². The summed E-state index contributed by atoms with van der Waals surface area (Å²) in [6, 6.07) is 1.71. The molecule has 1 rings (SSSR count). The van der Waals surface area contributed by atoms with Crippen molar-refractivity contribution in [1.82, 2.24) is 4.72 Å². The molecule has 1 unspecified atom stereocenters. The van der Waals surface area contributed by atoms with E-state index in [2.05, 4.69) is 4.72 Å². The van der Waals surface area contributed by atoms with Gasteiger partial charge in [0.25, 0.3) is 0 Å². The first-order valence-corrected chi connectivity index (χ1v) is 8.51. The van der Waals surface area contributed by atoms with Crippen molar-refractivity contribution in [2.75, 3.05) is 0 Å². The van der Waals surface area contributed by atoms with Crippen LogP contribution in [0.1, 0.15) is 52.4 Å². The van der Waals surface area contributed by atoms with Gasteiger partial charge in [-0.1, -0.05) is 20.3 Å². The van der Waals surface area contributed by atoms with Crippen LogP contribution in [0.5, 0.6) is 0 Å². The molecule has 0 bridgehead atoms. The third kappa shape index (κ3) is 3.49. The number of nitriles is 1. The number of sulfonamides is 1. The van der Waals surface area contributed by atoms with E-state index in [1.807, 2.05) is 6.92 Å². The van der Waals surface area contributed by atoms with Gasteiger partial charge in [0.15, 0.2) is 5.25 Å². The van der Waals surface area contributed by atoms with Gasteiger partial charge in [-0.2, -0.15) is 9.98 Å². The van der Waals surface area contributed by atoms with Gasteiger partial charge in [-0.3, -0.25) is 4.79 Å². The third-order valence-corrected chi connectivity index (χ3v) is 6.04. The van der Waals surface area contributed by atoms with Crippen molar-refractivity contribution in [2.24, 2.45) is 5.92 Å². The second kappa shape index (κ2) is 6.55. The Labute approximate surface area is 120 Å². The summed E-state index contributed by atoms with van der Waals surface area (Å²) in [4.78, 5) is 11.5. The Morgan fingerprint density at radius 3 is 2.35 bits per heavy atom. The van der Waals surface area contributed by atoms with Gasteiger partial charge in [-0.25, -0.2) is 8.42 Å². The Hall–Kier alpha value is -1.13. The maximum absolute atomic E-state index is 12.1. The first kappa shape index (κ1) is 16.9. The van der Waals surface area contributed by atoms with Crippen LogP contribution in [0.15, 0.2) is 0 Å². The molecule has 1 fully saturated rings. The molecule has 0 aliphatic heterocycles. The monoisotopic (exact) mass is 302 g/mol. The summed E-state index contributed by atoms with van der Waals surface area (Å²) >= 11 is 0. The van der Waals surface area contributed by atoms with Crippen LogP contribution >= 0.6 is 0 Å². The first-order chi connectivity index (χ1) is 9.31. The molecule has 114 valence electrons. The number of hydrogen-bond acceptors (Lipinski definition) is 4. The maximum atomic E-state index is 12.1. The van der Waals surface area contributed by atoms with Gasteiger partial charge in [0, 0.05) is 0 Å². The lowest BCUT2D eigenvalue weighted by molar-refractivity contribution is -0.145. The lowest BCUT2D eigenvalue weighted by atomic mass is 9.76. The molecule has 20 heavy (non-hydrogen) atoms. The summed E-state index contributed by atoms with van der Waals surface area (Å²) in [5.74, 6) is -0.701. The molecule has 0 aromatic carbocycles. The Bertz CT molecular complexity index is 487. The SMILES string of the molecule is CCC1CCC(NS(=O)(=O)C(C#N)CC)(C(=O)O)CC1. The zero-order valence-electron chi connectivity index (χ0n) is 11.9. The van der Waals surface area contributed by atoms with Gasteiger partial charge in [0.2, 0.25) is 10.0 Å². The Balaban J connectivity index is 2.95. The van der Waals surface area contributed by atoms with Crippen molar-refractivity contribution in [3.05, 3.63) is 0 Å². The van der Waals surface area contributed by atoms with Crippen LogP contribution in [-0.2, 0) is 14.8 Å². The number of carbonyl (C=O) groups is 1. The van der Waals surface area contributed by atoms with Crippen molar-refractivity contribution in [3.63, 3.8) is 0 Å². The number of aliphatic carboxylic acids is 1. The zero-order chi connectivity index (χ0) is 15.4. The van der Waals surface area contributed by atoms with E-state index in [0.29, 0.717) is 18.8 Å². The number of carboxylic acids is 1. The van der Waals surface area contributed by atoms with Crippen LogP contribution in [0.4, 0.5) is 0 Å². The second-order valence-corrected chi connectivity index (χ2v) is 7.28. The predicted octanol–water partition coefficient (Wildman–Crippen LogP) is 1.63. The van der Waals surface area contributed by atoms with Crippen LogP contribution in [-0.4, -0.2) is 30.3 Å². The summed E-state index contributed by atoms with van der Waals surface area (Å²) in [7, 11) is -3.94. The fourth-order valence-corrected chi connectivity index (χ4v) is 4.22. The van der Waals surface area contributed by atoms with E-state index in [-0.39, 0.29) is 19.3 Å². The van der Waals surface area contributed by atoms with E-state index < -0.39 is 26.8 Å². The normalized spacial score (nSPS) is 28.6. The van der Waals surface area contributed by atoms with E-state index >= 15 is 0 Å². The Kier molecular flexibility index (Phi) is 5.54. The lowest BCUT2D eigenvalue weighted by Crippen LogP contribution is -2.57. The van der Waals surface area contributed by atoms with E-state index in [4.69, 9.17) is 5.26 Å². The van der Waals surface area contributed by atoms with E-state index in [9.17, 15) is 18.3 Å². The number of carboxylic acid groups (broad SMARTS) is 1. The van der Waals surface area contributed by atoms with Crippen LogP contribution in [0, 0.1) is 17.2 Å². The average Bonchev–Trinajstić information content (AvgIpc) is 2.39. The van der Waals surface area contributed by atoms with Crippen LogP contribution in [0.2, 0.25) is 0 Å². The third-order valence-electron chi connectivity index (χ3n) is 4.17. The van der Waals surface area contributed by atoms with Crippen LogP contribution in [0.3, 0.4) is 0 Å². The molecule has 1 atom stereocenters. The predicted molar refractivity (Wildman–Crippen MR) is 74.4 cm³/mol. The smallest absolute Gasteiger partial charge is 0.324 e. The number of nitrogens with zero attached hydrogens (tertiary/aromatic N) is 1. The van der Waals surface area contributed by atoms with Crippen molar-refractivity contribution in [1.29, 1.82) is 5.26 Å². The molecule has 0 heterocycles. The topological polar surface area (TPSA) is 107 Å². The standard InChI is InChI=1S/C13H22N2O4S/c1-3-10-5-7-13(8-6-10,12(16)17)15-20(18,19)11(4-2)9-14/h10-11,15H,3-8H2,1-2H3,(H,16,17). The maximum Gasteiger partial charge on any atom is 0.324 e. The number of rotatable bonds is 6. The minimum Gasteiger partial charge on any atom is -0.480 e. The molecule has 0 aromatic rings. The number of hydrogen-bond donors (Lipinski definition) is 2. The van der Waals surface area contributed by atoms with Gasteiger partial charge >= 0.3 is 5.97 Å². The fourth-order valence-electron chi connectivity index (χ4n) is 2.66. The van der Waals surface area contributed by atoms with Gasteiger partial charge in [-0.15, -0.1) is 0 Å². The minimum absolute atomic E-state index is 0.138. The summed E-state index contributed by atoms with van der Waals surface area (Å²) in [5, 5.41) is 17.1. The highest BCUT2D eigenvalue weighted by Crippen LogP contribution is 2.34. The molecular weight excluding hydrogens is 280 g/mol. The largest absolute Gasteiger partial charge is 0.480 e. The molecular formula is C13H22N2O4S. The van der Waals surface area contributed by atoms with Crippen molar-refractivity contribution in [3.8, 4) is 6.07 Å². The quantitative estimate of drug-likeness (QED) is 0.775. The molecule has 1 saturated carbocycles.